The zero-order valence-electron chi connectivity index (χ0n) is 13.8. The van der Waals surface area contributed by atoms with Gasteiger partial charge >= 0.3 is 6.61 Å². The van der Waals surface area contributed by atoms with Crippen LogP contribution in [0.25, 0.3) is 11.4 Å². The number of hydrogen-bond acceptors (Lipinski definition) is 6. The number of ether oxygens (including phenoxy) is 1. The van der Waals surface area contributed by atoms with Crippen molar-refractivity contribution in [2.24, 2.45) is 0 Å². The van der Waals surface area contributed by atoms with Gasteiger partial charge in [-0.05, 0) is 37.9 Å². The number of aromatic nitrogens is 2. The second-order valence-corrected chi connectivity index (χ2v) is 6.02. The molecule has 1 unspecified atom stereocenters. The van der Waals surface area contributed by atoms with Gasteiger partial charge in [0.25, 0.3) is 0 Å². The minimum atomic E-state index is -2.92. The number of halogens is 2. The lowest BCUT2D eigenvalue weighted by molar-refractivity contribution is -0.0494. The molecule has 1 aromatic carbocycles. The molecule has 0 aliphatic carbocycles. The number of alkyl halides is 2. The average molecular weight is 353 g/mol. The number of nitrogens with zero attached hydrogens (tertiary/aromatic N) is 3. The van der Waals surface area contributed by atoms with Crippen molar-refractivity contribution in [2.45, 2.75) is 44.9 Å². The first-order valence-corrected chi connectivity index (χ1v) is 8.39. The highest BCUT2D eigenvalue weighted by Gasteiger charge is 2.24. The zero-order chi connectivity index (χ0) is 17.6. The normalized spacial score (nSPS) is 18.6. The molecule has 2 aromatic rings. The predicted octanol–water partition coefficient (Wildman–Crippen LogP) is 3.07. The topological polar surface area (TPSA) is 71.6 Å². The van der Waals surface area contributed by atoms with E-state index in [1.165, 1.54) is 6.07 Å². The molecule has 1 fully saturated rings. The molecule has 2 heterocycles. The van der Waals surface area contributed by atoms with Crippen molar-refractivity contribution in [1.29, 1.82) is 0 Å². The maximum atomic E-state index is 12.5. The van der Waals surface area contributed by atoms with Gasteiger partial charge in [-0.15, -0.1) is 0 Å². The van der Waals surface area contributed by atoms with Crippen LogP contribution in [-0.2, 0) is 6.54 Å². The molecule has 3 rings (SSSR count). The van der Waals surface area contributed by atoms with Gasteiger partial charge in [-0.2, -0.15) is 13.8 Å². The van der Waals surface area contributed by atoms with Crippen molar-refractivity contribution in [3.63, 3.8) is 0 Å². The molecule has 1 saturated heterocycles. The average Bonchev–Trinajstić information content (AvgIpc) is 3.05. The fourth-order valence-corrected chi connectivity index (χ4v) is 3.20. The first-order valence-electron chi connectivity index (χ1n) is 8.39. The molecule has 1 atom stereocenters. The summed E-state index contributed by atoms with van der Waals surface area (Å²) in [5.41, 5.74) is 0.364. The summed E-state index contributed by atoms with van der Waals surface area (Å²) < 4.78 is 34.9. The Morgan fingerprint density at radius 2 is 2.16 bits per heavy atom. The second-order valence-electron chi connectivity index (χ2n) is 6.02. The minimum Gasteiger partial charge on any atom is -0.434 e. The Kier molecular flexibility index (Phi) is 5.93. The van der Waals surface area contributed by atoms with Crippen LogP contribution in [0, 0.1) is 0 Å². The van der Waals surface area contributed by atoms with Crippen molar-refractivity contribution in [3.8, 4) is 17.1 Å². The number of aliphatic hydroxyl groups excluding tert-OH is 1. The summed E-state index contributed by atoms with van der Waals surface area (Å²) in [5, 5.41) is 13.1. The highest BCUT2D eigenvalue weighted by atomic mass is 19.3. The number of rotatable bonds is 7. The number of likely N-dealkylation sites (tertiary alicyclic amines) is 1. The van der Waals surface area contributed by atoms with Crippen molar-refractivity contribution in [1.82, 2.24) is 15.0 Å². The van der Waals surface area contributed by atoms with E-state index in [0.717, 1.165) is 25.8 Å². The Balaban J connectivity index is 1.74. The van der Waals surface area contributed by atoms with E-state index >= 15 is 0 Å². The van der Waals surface area contributed by atoms with Crippen LogP contribution in [0.1, 0.15) is 31.6 Å². The number of benzene rings is 1. The first-order chi connectivity index (χ1) is 12.2. The molecule has 0 bridgehead atoms. The SMILES string of the molecule is OCCC1CCCCN1Cc1nc(-c2ccccc2OC(F)F)no1. The van der Waals surface area contributed by atoms with Crippen molar-refractivity contribution in [3.05, 3.63) is 30.2 Å². The summed E-state index contributed by atoms with van der Waals surface area (Å²) in [7, 11) is 0. The van der Waals surface area contributed by atoms with Gasteiger partial charge in [0, 0.05) is 12.6 Å². The summed E-state index contributed by atoms with van der Waals surface area (Å²) in [6.07, 6.45) is 3.99. The van der Waals surface area contributed by atoms with E-state index in [0.29, 0.717) is 30.5 Å². The van der Waals surface area contributed by atoms with Crippen LogP contribution in [0.15, 0.2) is 28.8 Å². The molecular formula is C17H21F2N3O3. The Morgan fingerprint density at radius 1 is 1.32 bits per heavy atom. The zero-order valence-corrected chi connectivity index (χ0v) is 13.8. The quantitative estimate of drug-likeness (QED) is 0.825. The summed E-state index contributed by atoms with van der Waals surface area (Å²) in [4.78, 5) is 6.55. The van der Waals surface area contributed by atoms with E-state index in [2.05, 4.69) is 19.8 Å². The fraction of sp³-hybridized carbons (Fsp3) is 0.529. The van der Waals surface area contributed by atoms with Gasteiger partial charge in [0.1, 0.15) is 5.75 Å². The monoisotopic (exact) mass is 353 g/mol. The van der Waals surface area contributed by atoms with Crippen molar-refractivity contribution in [2.75, 3.05) is 13.2 Å². The maximum Gasteiger partial charge on any atom is 0.387 e. The van der Waals surface area contributed by atoms with E-state index in [-0.39, 0.29) is 18.2 Å². The molecule has 0 saturated carbocycles. The van der Waals surface area contributed by atoms with E-state index < -0.39 is 6.61 Å². The fourth-order valence-electron chi connectivity index (χ4n) is 3.20. The summed E-state index contributed by atoms with van der Waals surface area (Å²) in [6, 6.07) is 6.66. The number of para-hydroxylation sites is 1. The van der Waals surface area contributed by atoms with Gasteiger partial charge in [0.2, 0.25) is 11.7 Å². The van der Waals surface area contributed by atoms with E-state index in [4.69, 9.17) is 4.52 Å². The van der Waals surface area contributed by atoms with Gasteiger partial charge in [-0.1, -0.05) is 23.7 Å². The Morgan fingerprint density at radius 3 is 2.96 bits per heavy atom. The van der Waals surface area contributed by atoms with Crippen molar-refractivity contribution < 1.29 is 23.1 Å². The molecule has 1 N–H and O–H groups in total. The van der Waals surface area contributed by atoms with Crippen LogP contribution in [0.2, 0.25) is 0 Å². The van der Waals surface area contributed by atoms with Gasteiger partial charge in [0.15, 0.2) is 0 Å². The smallest absolute Gasteiger partial charge is 0.387 e. The van der Waals surface area contributed by atoms with Gasteiger partial charge < -0.3 is 14.4 Å². The highest BCUT2D eigenvalue weighted by molar-refractivity contribution is 5.63. The molecule has 0 amide bonds. The standard InChI is InChI=1S/C17H21F2N3O3/c18-17(19)24-14-7-2-1-6-13(14)16-20-15(25-21-16)11-22-9-4-3-5-12(22)8-10-23/h1-2,6-7,12,17,23H,3-5,8-11H2. The third-order valence-corrected chi connectivity index (χ3v) is 4.36. The van der Waals surface area contributed by atoms with Crippen LogP contribution in [0.4, 0.5) is 8.78 Å². The third kappa shape index (κ3) is 4.52. The highest BCUT2D eigenvalue weighted by Crippen LogP contribution is 2.29. The Labute approximate surface area is 144 Å². The van der Waals surface area contributed by atoms with E-state index in [1.54, 1.807) is 18.2 Å². The largest absolute Gasteiger partial charge is 0.434 e. The third-order valence-electron chi connectivity index (χ3n) is 4.36. The van der Waals surface area contributed by atoms with Crippen LogP contribution in [0.5, 0.6) is 5.75 Å². The van der Waals surface area contributed by atoms with Crippen LogP contribution in [-0.4, -0.2) is 46.0 Å². The van der Waals surface area contributed by atoms with Crippen molar-refractivity contribution >= 4 is 0 Å². The lowest BCUT2D eigenvalue weighted by atomic mass is 10.00. The van der Waals surface area contributed by atoms with Gasteiger partial charge in [-0.3, -0.25) is 4.90 Å². The molecule has 1 aliphatic rings. The summed E-state index contributed by atoms with van der Waals surface area (Å²) in [5.74, 6) is 0.662. The molecule has 1 aliphatic heterocycles. The van der Waals surface area contributed by atoms with E-state index in [1.807, 2.05) is 0 Å². The molecule has 0 radical (unpaired) electrons. The predicted molar refractivity (Wildman–Crippen MR) is 86.1 cm³/mol. The van der Waals surface area contributed by atoms with Crippen LogP contribution in [0.3, 0.4) is 0 Å². The molecular weight excluding hydrogens is 332 g/mol. The number of hydrogen-bond donors (Lipinski definition) is 1. The Hall–Kier alpha value is -2.06. The van der Waals surface area contributed by atoms with E-state index in [9.17, 15) is 13.9 Å². The summed E-state index contributed by atoms with van der Waals surface area (Å²) in [6.45, 7) is -1.38. The minimum absolute atomic E-state index is 0.0148. The van der Waals surface area contributed by atoms with Gasteiger partial charge in [-0.25, -0.2) is 0 Å². The lowest BCUT2D eigenvalue weighted by Gasteiger charge is -2.34. The van der Waals surface area contributed by atoms with Gasteiger partial charge in [0.05, 0.1) is 12.1 Å². The molecule has 6 nitrogen and oxygen atoms in total. The Bertz CT molecular complexity index is 679. The molecule has 8 heteroatoms. The first kappa shape index (κ1) is 17.8. The molecule has 1 aromatic heterocycles. The number of aliphatic hydroxyl groups is 1. The number of piperidine rings is 1. The molecule has 0 spiro atoms. The second kappa shape index (κ2) is 8.35. The lowest BCUT2D eigenvalue weighted by Crippen LogP contribution is -2.39. The molecule has 25 heavy (non-hydrogen) atoms. The maximum absolute atomic E-state index is 12.5. The van der Waals surface area contributed by atoms with Crippen LogP contribution >= 0.6 is 0 Å². The molecule has 136 valence electrons. The summed E-state index contributed by atoms with van der Waals surface area (Å²) >= 11 is 0. The van der Waals surface area contributed by atoms with Crippen LogP contribution < -0.4 is 4.74 Å².